The molecule has 0 aromatic rings. The number of carbonyl (C=O) groups excluding carboxylic acids is 2. The van der Waals surface area contributed by atoms with Gasteiger partial charge in [0.1, 0.15) is 26.1 Å². The number of hydrogen-bond donors (Lipinski definition) is 3. The van der Waals surface area contributed by atoms with E-state index in [1.54, 1.807) is 42.5 Å². The zero-order valence-electron chi connectivity index (χ0n) is 20.2. The van der Waals surface area contributed by atoms with Crippen LogP contribution in [0.2, 0.25) is 0 Å². The van der Waals surface area contributed by atoms with Crippen LogP contribution in [-0.2, 0) is 32.7 Å². The number of alkyl halides is 1. The zero-order valence-corrected chi connectivity index (χ0v) is 22.7. The Bertz CT molecular complexity index is 727. The number of esters is 1. The maximum atomic E-state index is 13.4. The predicted molar refractivity (Wildman–Crippen MR) is 129 cm³/mol. The van der Waals surface area contributed by atoms with Crippen molar-refractivity contribution in [3.63, 3.8) is 0 Å². The Morgan fingerprint density at radius 3 is 2.42 bits per heavy atom. The van der Waals surface area contributed by atoms with Crippen LogP contribution >= 0.6 is 31.1 Å². The number of aliphatic hydroxyl groups is 2. The smallest absolute Gasteiger partial charge is 0.406 e. The Morgan fingerprint density at radius 1 is 1.33 bits per heavy atom. The van der Waals surface area contributed by atoms with Gasteiger partial charge < -0.3 is 19.7 Å². The molecule has 1 unspecified atom stereocenters. The highest BCUT2D eigenvalue weighted by molar-refractivity contribution is 8.13. The lowest BCUT2D eigenvalue weighted by Crippen LogP contribution is -2.41. The molecule has 0 bridgehead atoms. The minimum Gasteiger partial charge on any atom is -0.462 e. The number of halogens is 1. The molecule has 1 heterocycles. The van der Waals surface area contributed by atoms with Crippen molar-refractivity contribution in [3.05, 3.63) is 0 Å². The lowest BCUT2D eigenvalue weighted by atomic mass is 9.85. The van der Waals surface area contributed by atoms with Gasteiger partial charge in [-0.25, -0.2) is 9.65 Å². The van der Waals surface area contributed by atoms with Gasteiger partial charge in [-0.1, -0.05) is 11.8 Å². The second kappa shape index (κ2) is 12.7. The fourth-order valence-electron chi connectivity index (χ4n) is 2.66. The number of ether oxygens (including phenoxy) is 2. The Kier molecular flexibility index (Phi) is 11.9. The Labute approximate surface area is 205 Å². The van der Waals surface area contributed by atoms with Gasteiger partial charge in [0.05, 0.1) is 36.2 Å². The van der Waals surface area contributed by atoms with Gasteiger partial charge in [0.2, 0.25) is 0 Å². The summed E-state index contributed by atoms with van der Waals surface area (Å²) in [4.78, 5) is 23.2. The average molecular weight is 532 g/mol. The van der Waals surface area contributed by atoms with E-state index in [9.17, 15) is 24.4 Å². The fourth-order valence-corrected chi connectivity index (χ4v) is 5.26. The Balaban J connectivity index is 2.80. The first kappa shape index (κ1) is 30.9. The summed E-state index contributed by atoms with van der Waals surface area (Å²) in [7, 11) is -2.37. The summed E-state index contributed by atoms with van der Waals surface area (Å²) in [5, 5.41) is 22.0. The van der Waals surface area contributed by atoms with Crippen molar-refractivity contribution in [2.24, 2.45) is 5.41 Å². The summed E-state index contributed by atoms with van der Waals surface area (Å²) < 4.78 is 35.0. The van der Waals surface area contributed by atoms with Crippen molar-refractivity contribution < 1.29 is 42.9 Å². The minimum atomic E-state index is -4.08. The second-order valence-corrected chi connectivity index (χ2v) is 12.7. The number of thioether (sulfide) groups is 1. The van der Waals surface area contributed by atoms with E-state index in [0.717, 1.165) is 11.8 Å². The van der Waals surface area contributed by atoms with Crippen LogP contribution in [0.5, 0.6) is 0 Å². The molecule has 1 aliphatic rings. The standard InChI is InChI=1S/C19H36BClNO9PS/c1-11(2)30-15(25)12(3)22-32(27,28-7-8-33-17(26)18(4,5)10-23)29-9-13-14(24)19(6,21)16(20)31-13/h11-14,16,23-24H,7-10,20H2,1-6H3,(H,22,27)/t12-,13+,14+,16+,19+,32?/m0/s1. The van der Waals surface area contributed by atoms with E-state index in [1.807, 2.05) is 0 Å². The van der Waals surface area contributed by atoms with Gasteiger partial charge in [0, 0.05) is 11.8 Å². The largest absolute Gasteiger partial charge is 0.462 e. The van der Waals surface area contributed by atoms with Gasteiger partial charge in [-0.3, -0.25) is 18.6 Å². The minimum absolute atomic E-state index is 0.140. The van der Waals surface area contributed by atoms with E-state index in [1.165, 1.54) is 6.92 Å². The highest BCUT2D eigenvalue weighted by Gasteiger charge is 2.50. The van der Waals surface area contributed by atoms with Gasteiger partial charge in [-0.2, -0.15) is 0 Å². The topological polar surface area (TPSA) is 141 Å². The van der Waals surface area contributed by atoms with E-state index in [4.69, 9.17) is 30.1 Å². The molecule has 0 amide bonds. The highest BCUT2D eigenvalue weighted by atomic mass is 35.5. The Hall–Kier alpha value is -0.165. The summed E-state index contributed by atoms with van der Waals surface area (Å²) in [5.41, 5.74) is -0.918. The third-order valence-corrected chi connectivity index (χ3v) is 8.53. The molecule has 0 radical (unpaired) electrons. The molecule has 0 saturated carbocycles. The average Bonchev–Trinajstić information content (AvgIpc) is 2.91. The van der Waals surface area contributed by atoms with Gasteiger partial charge in [0.25, 0.3) is 0 Å². The monoisotopic (exact) mass is 531 g/mol. The van der Waals surface area contributed by atoms with Crippen LogP contribution in [0.1, 0.15) is 41.5 Å². The molecule has 1 saturated heterocycles. The van der Waals surface area contributed by atoms with E-state index in [-0.39, 0.29) is 36.8 Å². The number of nitrogens with one attached hydrogen (secondary N) is 1. The predicted octanol–water partition coefficient (Wildman–Crippen LogP) is 1.05. The molecule has 0 aromatic carbocycles. The molecule has 0 aliphatic carbocycles. The van der Waals surface area contributed by atoms with Crippen LogP contribution in [0, 0.1) is 5.41 Å². The van der Waals surface area contributed by atoms with Crippen LogP contribution in [0.4, 0.5) is 0 Å². The number of rotatable bonds is 13. The highest BCUT2D eigenvalue weighted by Crippen LogP contribution is 2.46. The lowest BCUT2D eigenvalue weighted by molar-refractivity contribution is -0.149. The molecule has 0 aromatic heterocycles. The van der Waals surface area contributed by atoms with E-state index in [2.05, 4.69) is 5.09 Å². The van der Waals surface area contributed by atoms with Crippen molar-refractivity contribution in [1.29, 1.82) is 0 Å². The van der Waals surface area contributed by atoms with Crippen LogP contribution in [-0.4, -0.2) is 89.9 Å². The van der Waals surface area contributed by atoms with Crippen LogP contribution < -0.4 is 5.09 Å². The molecule has 192 valence electrons. The lowest BCUT2D eigenvalue weighted by Gasteiger charge is -2.26. The first-order chi connectivity index (χ1) is 15.1. The van der Waals surface area contributed by atoms with Gasteiger partial charge in [-0.05, 0) is 41.5 Å². The number of hydrogen-bond acceptors (Lipinski definition) is 10. The molecule has 14 heteroatoms. The SMILES string of the molecule is B[C@@H]1O[C@H](COP(=O)(N[C@@H](C)C(=O)OC(C)C)OCCSC(=O)C(C)(C)CO)[C@@H](O)[C@@]1(C)Cl. The summed E-state index contributed by atoms with van der Waals surface area (Å²) in [6.07, 6.45) is -2.31. The van der Waals surface area contributed by atoms with Crippen molar-refractivity contribution in [2.45, 2.75) is 76.8 Å². The number of aliphatic hydroxyl groups excluding tert-OH is 2. The van der Waals surface area contributed by atoms with Gasteiger partial charge in [-0.15, -0.1) is 11.6 Å². The molecule has 6 atom stereocenters. The molecule has 1 aliphatic heterocycles. The molecule has 1 fully saturated rings. The van der Waals surface area contributed by atoms with Crippen LogP contribution in [0.15, 0.2) is 0 Å². The molecule has 33 heavy (non-hydrogen) atoms. The van der Waals surface area contributed by atoms with Crippen LogP contribution in [0.3, 0.4) is 0 Å². The third kappa shape index (κ3) is 9.09. The summed E-state index contributed by atoms with van der Waals surface area (Å²) in [5.74, 6) is -0.507. The van der Waals surface area contributed by atoms with Crippen molar-refractivity contribution >= 4 is 50.0 Å². The molecule has 10 nitrogen and oxygen atoms in total. The number of carbonyl (C=O) groups is 2. The molecular weight excluding hydrogens is 496 g/mol. The van der Waals surface area contributed by atoms with E-state index >= 15 is 0 Å². The summed E-state index contributed by atoms with van der Waals surface area (Å²) in [6, 6.07) is -1.50. The second-order valence-electron chi connectivity index (χ2n) is 9.05. The maximum absolute atomic E-state index is 13.4. The third-order valence-electron chi connectivity index (χ3n) is 5.10. The molecule has 0 spiro atoms. The van der Waals surface area contributed by atoms with Gasteiger partial charge in [0.15, 0.2) is 5.12 Å². The maximum Gasteiger partial charge on any atom is 0.406 e. The molecular formula is C19H36BClNO9PS. The first-order valence-electron chi connectivity index (χ1n) is 10.7. The first-order valence-corrected chi connectivity index (χ1v) is 13.6. The molecule has 3 N–H and O–H groups in total. The normalized spacial score (nSPS) is 28.5. The summed E-state index contributed by atoms with van der Waals surface area (Å²) in [6.45, 7) is 8.90. The fraction of sp³-hybridized carbons (Fsp3) is 0.895. The Morgan fingerprint density at radius 2 is 1.94 bits per heavy atom. The summed E-state index contributed by atoms with van der Waals surface area (Å²) >= 11 is 7.23. The zero-order chi connectivity index (χ0) is 25.6. The van der Waals surface area contributed by atoms with Crippen molar-refractivity contribution in [3.8, 4) is 0 Å². The molecule has 1 rings (SSSR count). The quantitative estimate of drug-likeness (QED) is 0.103. The van der Waals surface area contributed by atoms with E-state index in [0.29, 0.717) is 0 Å². The van der Waals surface area contributed by atoms with Crippen molar-refractivity contribution in [2.75, 3.05) is 25.6 Å². The van der Waals surface area contributed by atoms with Gasteiger partial charge >= 0.3 is 13.7 Å². The van der Waals surface area contributed by atoms with E-state index < -0.39 is 48.3 Å². The van der Waals surface area contributed by atoms with Crippen LogP contribution in [0.25, 0.3) is 0 Å². The van der Waals surface area contributed by atoms with Crippen molar-refractivity contribution in [1.82, 2.24) is 5.09 Å².